The Kier molecular flexibility index (Phi) is 4.49. The molecule has 0 aliphatic carbocycles. The third-order valence-corrected chi connectivity index (χ3v) is 4.32. The summed E-state index contributed by atoms with van der Waals surface area (Å²) in [6.07, 6.45) is 1.44. The number of nitrogens with zero attached hydrogens (tertiary/aromatic N) is 2. The SMILES string of the molecule is Cn1cc(C(=O)N2CCSCC2CC(=O)O)ccc1=O. The lowest BCUT2D eigenvalue weighted by Gasteiger charge is -2.34. The van der Waals surface area contributed by atoms with Gasteiger partial charge in [-0.3, -0.25) is 14.4 Å². The Morgan fingerprint density at radius 2 is 2.20 bits per heavy atom. The van der Waals surface area contributed by atoms with Gasteiger partial charge in [-0.15, -0.1) is 0 Å². The van der Waals surface area contributed by atoms with Crippen molar-refractivity contribution in [2.45, 2.75) is 12.5 Å². The highest BCUT2D eigenvalue weighted by molar-refractivity contribution is 7.99. The number of carbonyl (C=O) groups is 2. The first-order valence-electron chi connectivity index (χ1n) is 6.26. The summed E-state index contributed by atoms with van der Waals surface area (Å²) in [5.41, 5.74) is 0.229. The van der Waals surface area contributed by atoms with Crippen LogP contribution in [0.25, 0.3) is 0 Å². The molecule has 0 saturated carbocycles. The smallest absolute Gasteiger partial charge is 0.305 e. The first kappa shape index (κ1) is 14.6. The molecule has 6 nitrogen and oxygen atoms in total. The maximum absolute atomic E-state index is 12.5. The van der Waals surface area contributed by atoms with E-state index in [9.17, 15) is 14.4 Å². The molecule has 1 aromatic heterocycles. The number of amides is 1. The van der Waals surface area contributed by atoms with Gasteiger partial charge in [0.2, 0.25) is 5.56 Å². The number of carbonyl (C=O) groups excluding carboxylic acids is 1. The van der Waals surface area contributed by atoms with Gasteiger partial charge in [0.25, 0.3) is 5.91 Å². The highest BCUT2D eigenvalue weighted by Gasteiger charge is 2.29. The lowest BCUT2D eigenvalue weighted by Crippen LogP contribution is -2.47. The predicted molar refractivity (Wildman–Crippen MR) is 76.1 cm³/mol. The molecular weight excluding hydrogens is 280 g/mol. The molecule has 1 aliphatic heterocycles. The fourth-order valence-corrected chi connectivity index (χ4v) is 3.24. The third-order valence-electron chi connectivity index (χ3n) is 3.23. The van der Waals surface area contributed by atoms with Crippen molar-refractivity contribution in [2.75, 3.05) is 18.1 Å². The van der Waals surface area contributed by atoms with Crippen molar-refractivity contribution in [1.29, 1.82) is 0 Å². The van der Waals surface area contributed by atoms with Crippen LogP contribution >= 0.6 is 11.8 Å². The van der Waals surface area contributed by atoms with Gasteiger partial charge in [0.05, 0.1) is 18.0 Å². The van der Waals surface area contributed by atoms with Crippen LogP contribution in [0.2, 0.25) is 0 Å². The summed E-state index contributed by atoms with van der Waals surface area (Å²) in [4.78, 5) is 36.3. The number of aliphatic carboxylic acids is 1. The minimum Gasteiger partial charge on any atom is -0.481 e. The molecular formula is C13H16N2O4S. The minimum absolute atomic E-state index is 0.0511. The molecule has 0 bridgehead atoms. The third kappa shape index (κ3) is 3.22. The monoisotopic (exact) mass is 296 g/mol. The van der Waals surface area contributed by atoms with Gasteiger partial charge >= 0.3 is 5.97 Å². The van der Waals surface area contributed by atoms with Crippen LogP contribution in [0.1, 0.15) is 16.8 Å². The van der Waals surface area contributed by atoms with Crippen molar-refractivity contribution in [3.05, 3.63) is 34.2 Å². The Morgan fingerprint density at radius 1 is 1.45 bits per heavy atom. The van der Waals surface area contributed by atoms with E-state index in [0.29, 0.717) is 17.9 Å². The molecule has 1 fully saturated rings. The highest BCUT2D eigenvalue weighted by atomic mass is 32.2. The van der Waals surface area contributed by atoms with E-state index in [4.69, 9.17) is 5.11 Å². The van der Waals surface area contributed by atoms with Crippen LogP contribution in [0.15, 0.2) is 23.1 Å². The molecule has 0 aromatic carbocycles. The van der Waals surface area contributed by atoms with Crippen LogP contribution in [0.4, 0.5) is 0 Å². The molecule has 0 radical (unpaired) electrons. The molecule has 1 aliphatic rings. The highest BCUT2D eigenvalue weighted by Crippen LogP contribution is 2.21. The lowest BCUT2D eigenvalue weighted by atomic mass is 10.1. The van der Waals surface area contributed by atoms with E-state index in [1.165, 1.54) is 22.9 Å². The molecule has 1 unspecified atom stereocenters. The van der Waals surface area contributed by atoms with Crippen molar-refractivity contribution in [3.8, 4) is 0 Å². The molecule has 2 heterocycles. The average Bonchev–Trinajstić information content (AvgIpc) is 2.41. The zero-order valence-corrected chi connectivity index (χ0v) is 11.9. The summed E-state index contributed by atoms with van der Waals surface area (Å²) in [7, 11) is 1.58. The van der Waals surface area contributed by atoms with Crippen LogP contribution in [-0.4, -0.2) is 50.5 Å². The number of carboxylic acid groups (broad SMARTS) is 1. The standard InChI is InChI=1S/C13H16N2O4S/c1-14-7-9(2-3-11(14)16)13(19)15-4-5-20-8-10(15)6-12(17)18/h2-3,7,10H,4-6,8H2,1H3,(H,17,18). The zero-order chi connectivity index (χ0) is 14.7. The number of carboxylic acids is 1. The number of hydrogen-bond donors (Lipinski definition) is 1. The Bertz CT molecular complexity index is 584. The van der Waals surface area contributed by atoms with Crippen molar-refractivity contribution in [3.63, 3.8) is 0 Å². The number of aryl methyl sites for hydroxylation is 1. The molecule has 108 valence electrons. The number of thioether (sulfide) groups is 1. The molecule has 1 atom stereocenters. The summed E-state index contributed by atoms with van der Waals surface area (Å²) in [6.45, 7) is 0.532. The van der Waals surface area contributed by atoms with Gasteiger partial charge in [-0.25, -0.2) is 0 Å². The molecule has 2 rings (SSSR count). The van der Waals surface area contributed by atoms with Crippen LogP contribution in [0, 0.1) is 0 Å². The summed E-state index contributed by atoms with van der Waals surface area (Å²) in [5.74, 6) is 0.306. The Hall–Kier alpha value is -1.76. The zero-order valence-electron chi connectivity index (χ0n) is 11.1. The number of pyridine rings is 1. The van der Waals surface area contributed by atoms with Crippen LogP contribution in [0.5, 0.6) is 0 Å². The van der Waals surface area contributed by atoms with Gasteiger partial charge in [0.1, 0.15) is 0 Å². The van der Waals surface area contributed by atoms with E-state index in [1.54, 1.807) is 23.7 Å². The van der Waals surface area contributed by atoms with Crippen LogP contribution in [-0.2, 0) is 11.8 Å². The van der Waals surface area contributed by atoms with Crippen molar-refractivity contribution >= 4 is 23.6 Å². The molecule has 20 heavy (non-hydrogen) atoms. The van der Waals surface area contributed by atoms with Crippen molar-refractivity contribution in [2.24, 2.45) is 7.05 Å². The van der Waals surface area contributed by atoms with E-state index in [0.717, 1.165) is 5.75 Å². The van der Waals surface area contributed by atoms with Gasteiger partial charge in [-0.2, -0.15) is 11.8 Å². The van der Waals surface area contributed by atoms with Gasteiger partial charge < -0.3 is 14.6 Å². The Labute approximate surface area is 120 Å². The van der Waals surface area contributed by atoms with Crippen LogP contribution in [0.3, 0.4) is 0 Å². The molecule has 1 N–H and O–H groups in total. The lowest BCUT2D eigenvalue weighted by molar-refractivity contribution is -0.138. The summed E-state index contributed by atoms with van der Waals surface area (Å²) in [6, 6.07) is 2.54. The Balaban J connectivity index is 2.22. The van der Waals surface area contributed by atoms with Gasteiger partial charge in [-0.05, 0) is 6.07 Å². The molecule has 1 aromatic rings. The average molecular weight is 296 g/mol. The second-order valence-electron chi connectivity index (χ2n) is 4.69. The van der Waals surface area contributed by atoms with Crippen molar-refractivity contribution < 1.29 is 14.7 Å². The number of aromatic nitrogens is 1. The molecule has 7 heteroatoms. The topological polar surface area (TPSA) is 79.6 Å². The van der Waals surface area contributed by atoms with E-state index in [-0.39, 0.29) is 23.9 Å². The predicted octanol–water partition coefficient (Wildman–Crippen LogP) is 0.418. The normalized spacial score (nSPS) is 18.9. The van der Waals surface area contributed by atoms with E-state index in [2.05, 4.69) is 0 Å². The quantitative estimate of drug-likeness (QED) is 0.874. The van der Waals surface area contributed by atoms with Gasteiger partial charge in [-0.1, -0.05) is 0 Å². The van der Waals surface area contributed by atoms with E-state index in [1.807, 2.05) is 0 Å². The minimum atomic E-state index is -0.907. The van der Waals surface area contributed by atoms with Gasteiger partial charge in [0.15, 0.2) is 0 Å². The fraction of sp³-hybridized carbons (Fsp3) is 0.462. The van der Waals surface area contributed by atoms with Gasteiger partial charge in [0, 0.05) is 37.4 Å². The number of hydrogen-bond acceptors (Lipinski definition) is 4. The first-order valence-corrected chi connectivity index (χ1v) is 7.41. The molecule has 0 spiro atoms. The largest absolute Gasteiger partial charge is 0.481 e. The molecule has 1 saturated heterocycles. The summed E-state index contributed by atoms with van der Waals surface area (Å²) in [5, 5.41) is 8.92. The van der Waals surface area contributed by atoms with E-state index < -0.39 is 5.97 Å². The number of rotatable bonds is 3. The molecule has 1 amide bonds. The summed E-state index contributed by atoms with van der Waals surface area (Å²) < 4.78 is 1.35. The van der Waals surface area contributed by atoms with Crippen molar-refractivity contribution in [1.82, 2.24) is 9.47 Å². The second kappa shape index (κ2) is 6.13. The van der Waals surface area contributed by atoms with Crippen LogP contribution < -0.4 is 5.56 Å². The maximum atomic E-state index is 12.5. The first-order chi connectivity index (χ1) is 9.49. The van der Waals surface area contributed by atoms with E-state index >= 15 is 0 Å². The second-order valence-corrected chi connectivity index (χ2v) is 5.84. The Morgan fingerprint density at radius 3 is 2.85 bits per heavy atom. The fourth-order valence-electron chi connectivity index (χ4n) is 2.18. The summed E-state index contributed by atoms with van der Waals surface area (Å²) >= 11 is 1.65. The maximum Gasteiger partial charge on any atom is 0.305 e.